The van der Waals surface area contributed by atoms with E-state index in [0.29, 0.717) is 17.1 Å². The van der Waals surface area contributed by atoms with Crippen molar-refractivity contribution in [1.29, 1.82) is 0 Å². The summed E-state index contributed by atoms with van der Waals surface area (Å²) in [5.74, 6) is -0.985. The van der Waals surface area contributed by atoms with Gasteiger partial charge in [0.15, 0.2) is 0 Å². The molecule has 4 aromatic rings. The third-order valence-electron chi connectivity index (χ3n) is 4.46. The van der Waals surface area contributed by atoms with E-state index in [4.69, 9.17) is 0 Å². The molecule has 0 spiro atoms. The molecule has 0 aliphatic rings. The number of halogens is 1. The molecule has 1 N–H and O–H groups in total. The van der Waals surface area contributed by atoms with Crippen molar-refractivity contribution in [3.05, 3.63) is 98.7 Å². The molecular weight excluding hydrogens is 379 g/mol. The molecular formula is C21H15FN2O3S. The lowest BCUT2D eigenvalue weighted by atomic mass is 10.1. The molecule has 0 amide bonds. The lowest BCUT2D eigenvalue weighted by Gasteiger charge is -2.13. The summed E-state index contributed by atoms with van der Waals surface area (Å²) < 4.78 is 14.7. The first-order chi connectivity index (χ1) is 13.5. The van der Waals surface area contributed by atoms with Crippen LogP contribution >= 0.6 is 11.3 Å². The van der Waals surface area contributed by atoms with E-state index >= 15 is 0 Å². The molecule has 5 nitrogen and oxygen atoms in total. The van der Waals surface area contributed by atoms with E-state index in [0.717, 1.165) is 22.5 Å². The molecule has 140 valence electrons. The lowest BCUT2D eigenvalue weighted by Crippen LogP contribution is -2.26. The minimum Gasteiger partial charge on any atom is -0.478 e. The van der Waals surface area contributed by atoms with Gasteiger partial charge >= 0.3 is 5.97 Å². The number of hydrogen-bond acceptors (Lipinski definition) is 4. The van der Waals surface area contributed by atoms with Gasteiger partial charge in [-0.25, -0.2) is 14.2 Å². The Morgan fingerprint density at radius 1 is 1.07 bits per heavy atom. The fourth-order valence-corrected chi connectivity index (χ4v) is 3.99. The van der Waals surface area contributed by atoms with Crippen LogP contribution in [0.4, 0.5) is 4.39 Å². The Morgan fingerprint density at radius 3 is 2.46 bits per heavy atom. The third-order valence-corrected chi connectivity index (χ3v) is 5.33. The molecule has 0 saturated heterocycles. The van der Waals surface area contributed by atoms with Crippen LogP contribution in [-0.4, -0.2) is 20.6 Å². The largest absolute Gasteiger partial charge is 0.478 e. The molecule has 0 aliphatic heterocycles. The number of carbonyl (C=O) groups is 1. The summed E-state index contributed by atoms with van der Waals surface area (Å²) in [6.45, 7) is 0.180. The highest BCUT2D eigenvalue weighted by atomic mass is 32.1. The zero-order valence-electron chi connectivity index (χ0n) is 14.6. The van der Waals surface area contributed by atoms with Crippen LogP contribution in [0.2, 0.25) is 0 Å². The summed E-state index contributed by atoms with van der Waals surface area (Å²) in [6.07, 6.45) is 0.424. The first-order valence-corrected chi connectivity index (χ1v) is 9.43. The average molecular weight is 394 g/mol. The Bertz CT molecular complexity index is 1210. The minimum absolute atomic E-state index is 0.0448. The number of benzene rings is 2. The number of thiophene rings is 1. The van der Waals surface area contributed by atoms with Crippen LogP contribution in [-0.2, 0) is 13.0 Å². The first kappa shape index (κ1) is 18.1. The molecule has 2 heterocycles. The number of aromatic carboxylic acids is 1. The van der Waals surface area contributed by atoms with E-state index in [9.17, 15) is 19.1 Å². The Kier molecular flexibility index (Phi) is 4.75. The first-order valence-electron chi connectivity index (χ1n) is 8.55. The molecule has 0 radical (unpaired) electrons. The Labute approximate surface area is 163 Å². The normalized spacial score (nSPS) is 11.0. The molecule has 0 saturated carbocycles. The highest BCUT2D eigenvalue weighted by Crippen LogP contribution is 2.23. The zero-order valence-corrected chi connectivity index (χ0v) is 15.4. The monoisotopic (exact) mass is 394 g/mol. The maximum Gasteiger partial charge on any atom is 0.337 e. The molecule has 0 bridgehead atoms. The number of nitrogens with zero attached hydrogens (tertiary/aromatic N) is 2. The summed E-state index contributed by atoms with van der Waals surface area (Å²) >= 11 is 1.14. The molecule has 0 aliphatic carbocycles. The maximum absolute atomic E-state index is 13.2. The maximum atomic E-state index is 13.2. The third kappa shape index (κ3) is 3.44. The van der Waals surface area contributed by atoms with Crippen LogP contribution in [0.25, 0.3) is 10.2 Å². The summed E-state index contributed by atoms with van der Waals surface area (Å²) in [4.78, 5) is 29.7. The summed E-state index contributed by atoms with van der Waals surface area (Å²) in [5, 5.41) is 10.9. The molecule has 7 heteroatoms. The van der Waals surface area contributed by atoms with Crippen molar-refractivity contribution in [1.82, 2.24) is 9.55 Å². The van der Waals surface area contributed by atoms with Crippen molar-refractivity contribution < 1.29 is 14.3 Å². The quantitative estimate of drug-likeness (QED) is 0.557. The van der Waals surface area contributed by atoms with Crippen molar-refractivity contribution >= 4 is 27.5 Å². The Balaban J connectivity index is 1.89. The molecule has 0 fully saturated rings. The second-order valence-corrected chi connectivity index (χ2v) is 7.20. The van der Waals surface area contributed by atoms with Gasteiger partial charge in [-0.05, 0) is 23.3 Å². The van der Waals surface area contributed by atoms with Crippen LogP contribution < -0.4 is 5.56 Å². The van der Waals surface area contributed by atoms with Crippen molar-refractivity contribution in [2.24, 2.45) is 0 Å². The Hall–Kier alpha value is -3.32. The lowest BCUT2D eigenvalue weighted by molar-refractivity contribution is 0.0699. The zero-order chi connectivity index (χ0) is 19.7. The van der Waals surface area contributed by atoms with Gasteiger partial charge in [0, 0.05) is 11.8 Å². The van der Waals surface area contributed by atoms with Crippen molar-refractivity contribution in [3.63, 3.8) is 0 Å². The van der Waals surface area contributed by atoms with Gasteiger partial charge in [0.2, 0.25) is 0 Å². The van der Waals surface area contributed by atoms with E-state index in [1.165, 1.54) is 22.1 Å². The predicted molar refractivity (Wildman–Crippen MR) is 106 cm³/mol. The van der Waals surface area contributed by atoms with Crippen LogP contribution in [0.5, 0.6) is 0 Å². The van der Waals surface area contributed by atoms with Crippen molar-refractivity contribution in [2.75, 3.05) is 0 Å². The van der Waals surface area contributed by atoms with Gasteiger partial charge in [0.05, 0.1) is 17.5 Å². The summed E-state index contributed by atoms with van der Waals surface area (Å²) in [5.41, 5.74) is 1.26. The predicted octanol–water partition coefficient (Wildman–Crippen LogP) is 3.93. The van der Waals surface area contributed by atoms with Crippen LogP contribution in [0.1, 0.15) is 27.3 Å². The standard InChI is InChI=1S/C21H15FN2O3S/c22-15-8-6-14(7-9-15)11-24-17(10-13-4-2-1-3-5-13)23-19-18(20(24)25)16(12-28-19)21(26)27/h1-9,12H,10-11H2,(H,26,27). The number of carboxylic acid groups (broad SMARTS) is 1. The topological polar surface area (TPSA) is 72.2 Å². The number of fused-ring (bicyclic) bond motifs is 1. The highest BCUT2D eigenvalue weighted by Gasteiger charge is 2.20. The molecule has 2 aromatic carbocycles. The molecule has 0 atom stereocenters. The summed E-state index contributed by atoms with van der Waals surface area (Å²) in [7, 11) is 0. The summed E-state index contributed by atoms with van der Waals surface area (Å²) in [6, 6.07) is 15.5. The van der Waals surface area contributed by atoms with E-state index < -0.39 is 11.5 Å². The fourth-order valence-electron chi connectivity index (χ4n) is 3.07. The average Bonchev–Trinajstić information content (AvgIpc) is 3.11. The van der Waals surface area contributed by atoms with E-state index in [1.807, 2.05) is 30.3 Å². The van der Waals surface area contributed by atoms with E-state index in [2.05, 4.69) is 4.98 Å². The minimum atomic E-state index is -1.16. The smallest absolute Gasteiger partial charge is 0.337 e. The van der Waals surface area contributed by atoms with Gasteiger partial charge in [0.25, 0.3) is 5.56 Å². The van der Waals surface area contributed by atoms with E-state index in [1.54, 1.807) is 12.1 Å². The number of rotatable bonds is 5. The van der Waals surface area contributed by atoms with Crippen LogP contribution in [0, 0.1) is 5.82 Å². The molecule has 28 heavy (non-hydrogen) atoms. The molecule has 2 aromatic heterocycles. The van der Waals surface area contributed by atoms with Gasteiger partial charge in [-0.15, -0.1) is 11.3 Å². The van der Waals surface area contributed by atoms with Gasteiger partial charge < -0.3 is 5.11 Å². The van der Waals surface area contributed by atoms with Gasteiger partial charge in [0.1, 0.15) is 16.5 Å². The van der Waals surface area contributed by atoms with E-state index in [-0.39, 0.29) is 23.3 Å². The molecule has 4 rings (SSSR count). The van der Waals surface area contributed by atoms with Crippen LogP contribution in [0.15, 0.2) is 64.8 Å². The Morgan fingerprint density at radius 2 is 1.79 bits per heavy atom. The van der Waals surface area contributed by atoms with Gasteiger partial charge in [-0.1, -0.05) is 42.5 Å². The SMILES string of the molecule is O=C(O)c1csc2nc(Cc3ccccc3)n(Cc3ccc(F)cc3)c(=O)c12. The molecule has 0 unspecified atom stereocenters. The van der Waals surface area contributed by atoms with Crippen LogP contribution in [0.3, 0.4) is 0 Å². The van der Waals surface area contributed by atoms with Gasteiger partial charge in [-0.2, -0.15) is 0 Å². The number of aromatic nitrogens is 2. The number of hydrogen-bond donors (Lipinski definition) is 1. The fraction of sp³-hybridized carbons (Fsp3) is 0.0952. The van der Waals surface area contributed by atoms with Crippen molar-refractivity contribution in [2.45, 2.75) is 13.0 Å². The van der Waals surface area contributed by atoms with Crippen molar-refractivity contribution in [3.8, 4) is 0 Å². The second-order valence-electron chi connectivity index (χ2n) is 6.34. The van der Waals surface area contributed by atoms with Gasteiger partial charge in [-0.3, -0.25) is 9.36 Å². The highest BCUT2D eigenvalue weighted by molar-refractivity contribution is 7.17. The number of carboxylic acids is 1. The second kappa shape index (κ2) is 7.36.